The van der Waals surface area contributed by atoms with Crippen molar-refractivity contribution in [1.29, 1.82) is 0 Å². The minimum Gasteiger partial charge on any atom is -0.493 e. The highest BCUT2D eigenvalue weighted by Gasteiger charge is 2.22. The van der Waals surface area contributed by atoms with Gasteiger partial charge in [-0.15, -0.1) is 0 Å². The zero-order chi connectivity index (χ0) is 20.4. The first-order valence-corrected chi connectivity index (χ1v) is 9.88. The minimum atomic E-state index is -0.0825. The molecule has 1 amide bonds. The first-order chi connectivity index (χ1) is 14.0. The molecule has 2 aromatic heterocycles. The number of hydrogen-bond donors (Lipinski definition) is 1. The van der Waals surface area contributed by atoms with Crippen LogP contribution in [0.5, 0.6) is 11.5 Å². The highest BCUT2D eigenvalue weighted by molar-refractivity contribution is 5.77. The lowest BCUT2D eigenvalue weighted by molar-refractivity contribution is -0.119. The van der Waals surface area contributed by atoms with E-state index in [0.29, 0.717) is 35.4 Å². The van der Waals surface area contributed by atoms with Crippen molar-refractivity contribution >= 4 is 17.0 Å². The van der Waals surface area contributed by atoms with Gasteiger partial charge in [-0.3, -0.25) is 4.79 Å². The van der Waals surface area contributed by atoms with Crippen molar-refractivity contribution in [1.82, 2.24) is 15.3 Å². The third kappa shape index (κ3) is 4.85. The number of hydrogen-bond acceptors (Lipinski definition) is 6. The second kappa shape index (κ2) is 8.11. The molecule has 29 heavy (non-hydrogen) atoms. The molecule has 152 valence electrons. The Labute approximate surface area is 169 Å². The van der Waals surface area contributed by atoms with Gasteiger partial charge in [0.05, 0.1) is 18.8 Å². The second-order valence-electron chi connectivity index (χ2n) is 7.65. The molecule has 0 spiro atoms. The van der Waals surface area contributed by atoms with Crippen molar-refractivity contribution in [2.75, 3.05) is 13.2 Å². The molecule has 1 aromatic carbocycles. The lowest BCUT2D eigenvalue weighted by atomic mass is 10.2. The molecule has 1 saturated carbocycles. The molecule has 2 heterocycles. The number of aromatic nitrogens is 2. The fourth-order valence-electron chi connectivity index (χ4n) is 3.06. The summed E-state index contributed by atoms with van der Waals surface area (Å²) in [5.41, 5.74) is 3.01. The lowest BCUT2D eigenvalue weighted by Crippen LogP contribution is -2.35. The first-order valence-electron chi connectivity index (χ1n) is 9.88. The topological polar surface area (TPSA) is 86.5 Å². The molecule has 1 atom stereocenters. The SMILES string of the molecule is CC(=O)N[C@@H](C)COc1cnc(-c2nc3ccc(OCC4CC4)cc3o2)c(C)c1. The average molecular weight is 395 g/mol. The van der Waals surface area contributed by atoms with Gasteiger partial charge in [0.2, 0.25) is 11.8 Å². The number of benzene rings is 1. The molecule has 0 unspecified atom stereocenters. The minimum absolute atomic E-state index is 0.0807. The third-order valence-electron chi connectivity index (χ3n) is 4.75. The van der Waals surface area contributed by atoms with Gasteiger partial charge in [0.25, 0.3) is 0 Å². The summed E-state index contributed by atoms with van der Waals surface area (Å²) in [6.45, 7) is 6.43. The van der Waals surface area contributed by atoms with Crippen molar-refractivity contribution in [3.05, 3.63) is 36.0 Å². The molecule has 1 aliphatic carbocycles. The molecule has 1 N–H and O–H groups in total. The molecule has 1 aliphatic rings. The van der Waals surface area contributed by atoms with E-state index in [1.807, 2.05) is 38.1 Å². The summed E-state index contributed by atoms with van der Waals surface area (Å²) in [7, 11) is 0. The Morgan fingerprint density at radius 2 is 2.10 bits per heavy atom. The van der Waals surface area contributed by atoms with Gasteiger partial charge in [0.1, 0.15) is 29.3 Å². The first kappa shape index (κ1) is 19.2. The van der Waals surface area contributed by atoms with Crippen LogP contribution in [0, 0.1) is 12.8 Å². The smallest absolute Gasteiger partial charge is 0.246 e. The number of fused-ring (bicyclic) bond motifs is 1. The van der Waals surface area contributed by atoms with Gasteiger partial charge in [0.15, 0.2) is 5.58 Å². The van der Waals surface area contributed by atoms with Gasteiger partial charge in [-0.1, -0.05) is 0 Å². The highest BCUT2D eigenvalue weighted by Crippen LogP contribution is 2.32. The number of carbonyl (C=O) groups excluding carboxylic acids is 1. The Bertz CT molecular complexity index is 1030. The number of aryl methyl sites for hydroxylation is 1. The predicted molar refractivity (Wildman–Crippen MR) is 109 cm³/mol. The Hall–Kier alpha value is -3.09. The zero-order valence-corrected chi connectivity index (χ0v) is 16.9. The van der Waals surface area contributed by atoms with Crippen molar-refractivity contribution in [3.8, 4) is 23.1 Å². The van der Waals surface area contributed by atoms with Crippen LogP contribution in [0.2, 0.25) is 0 Å². The molecular formula is C22H25N3O4. The van der Waals surface area contributed by atoms with E-state index in [1.54, 1.807) is 6.20 Å². The number of ether oxygens (including phenoxy) is 2. The molecule has 7 nitrogen and oxygen atoms in total. The van der Waals surface area contributed by atoms with Crippen LogP contribution < -0.4 is 14.8 Å². The molecule has 4 rings (SSSR count). The zero-order valence-electron chi connectivity index (χ0n) is 16.9. The van der Waals surface area contributed by atoms with E-state index in [9.17, 15) is 4.79 Å². The summed E-state index contributed by atoms with van der Waals surface area (Å²) in [6.07, 6.45) is 4.15. The Balaban J connectivity index is 1.47. The van der Waals surface area contributed by atoms with Gasteiger partial charge in [-0.05, 0) is 56.4 Å². The maximum Gasteiger partial charge on any atom is 0.246 e. The number of pyridine rings is 1. The van der Waals surface area contributed by atoms with Gasteiger partial charge in [0, 0.05) is 13.0 Å². The van der Waals surface area contributed by atoms with Crippen LogP contribution in [0.1, 0.15) is 32.3 Å². The Morgan fingerprint density at radius 3 is 2.83 bits per heavy atom. The maximum absolute atomic E-state index is 11.1. The van der Waals surface area contributed by atoms with Crippen LogP contribution in [0.15, 0.2) is 34.9 Å². The average Bonchev–Trinajstić information content (AvgIpc) is 3.41. The number of amides is 1. The van der Waals surface area contributed by atoms with E-state index >= 15 is 0 Å². The van der Waals surface area contributed by atoms with E-state index in [-0.39, 0.29) is 11.9 Å². The Morgan fingerprint density at radius 1 is 1.28 bits per heavy atom. The third-order valence-corrected chi connectivity index (χ3v) is 4.75. The van der Waals surface area contributed by atoms with Gasteiger partial charge in [-0.25, -0.2) is 9.97 Å². The van der Waals surface area contributed by atoms with Crippen molar-refractivity contribution < 1.29 is 18.7 Å². The van der Waals surface area contributed by atoms with Crippen molar-refractivity contribution in [2.24, 2.45) is 5.92 Å². The van der Waals surface area contributed by atoms with Crippen LogP contribution in [0.25, 0.3) is 22.7 Å². The number of carbonyl (C=O) groups is 1. The van der Waals surface area contributed by atoms with Crippen LogP contribution >= 0.6 is 0 Å². The molecule has 0 radical (unpaired) electrons. The van der Waals surface area contributed by atoms with E-state index in [0.717, 1.165) is 23.4 Å². The normalized spacial score (nSPS) is 14.6. The molecule has 0 bridgehead atoms. The van der Waals surface area contributed by atoms with Gasteiger partial charge < -0.3 is 19.2 Å². The van der Waals surface area contributed by atoms with Crippen LogP contribution in [-0.2, 0) is 4.79 Å². The highest BCUT2D eigenvalue weighted by atomic mass is 16.5. The summed E-state index contributed by atoms with van der Waals surface area (Å²) >= 11 is 0. The summed E-state index contributed by atoms with van der Waals surface area (Å²) in [4.78, 5) is 20.1. The summed E-state index contributed by atoms with van der Waals surface area (Å²) in [5.74, 6) is 2.52. The van der Waals surface area contributed by atoms with Gasteiger partial charge in [-0.2, -0.15) is 0 Å². The number of nitrogens with one attached hydrogen (secondary N) is 1. The fourth-order valence-corrected chi connectivity index (χ4v) is 3.06. The predicted octanol–water partition coefficient (Wildman–Crippen LogP) is 3.89. The van der Waals surface area contributed by atoms with Crippen LogP contribution in [0.3, 0.4) is 0 Å². The van der Waals surface area contributed by atoms with E-state index < -0.39 is 0 Å². The molecule has 1 fully saturated rings. The molecule has 0 aliphatic heterocycles. The van der Waals surface area contributed by atoms with E-state index in [1.165, 1.54) is 19.8 Å². The lowest BCUT2D eigenvalue weighted by Gasteiger charge is -2.14. The summed E-state index contributed by atoms with van der Waals surface area (Å²) in [6, 6.07) is 7.51. The standard InChI is InChI=1S/C22H25N3O4/c1-13-8-18(27-11-14(2)24-15(3)26)10-23-21(13)22-25-19-7-6-17(9-20(19)29-22)28-12-16-4-5-16/h6-10,14,16H,4-5,11-12H2,1-3H3,(H,24,26)/t14-/m0/s1. The monoisotopic (exact) mass is 395 g/mol. The van der Waals surface area contributed by atoms with Crippen molar-refractivity contribution in [3.63, 3.8) is 0 Å². The van der Waals surface area contributed by atoms with Gasteiger partial charge >= 0.3 is 0 Å². The Kier molecular flexibility index (Phi) is 5.38. The van der Waals surface area contributed by atoms with Crippen molar-refractivity contribution in [2.45, 2.75) is 39.7 Å². The second-order valence-corrected chi connectivity index (χ2v) is 7.65. The van der Waals surface area contributed by atoms with E-state index in [2.05, 4.69) is 15.3 Å². The maximum atomic E-state index is 11.1. The number of oxazole rings is 1. The number of nitrogens with zero attached hydrogens (tertiary/aromatic N) is 2. The van der Waals surface area contributed by atoms with Crippen LogP contribution in [-0.4, -0.2) is 35.1 Å². The van der Waals surface area contributed by atoms with Crippen LogP contribution in [0.4, 0.5) is 0 Å². The quantitative estimate of drug-likeness (QED) is 0.623. The molecule has 3 aromatic rings. The molecule has 7 heteroatoms. The van der Waals surface area contributed by atoms with E-state index in [4.69, 9.17) is 13.9 Å². The molecule has 0 saturated heterocycles. The summed E-state index contributed by atoms with van der Waals surface area (Å²) in [5, 5.41) is 2.78. The fraction of sp³-hybridized carbons (Fsp3) is 0.409. The molecular weight excluding hydrogens is 370 g/mol. The largest absolute Gasteiger partial charge is 0.493 e. The number of rotatable bonds is 8. The summed E-state index contributed by atoms with van der Waals surface area (Å²) < 4.78 is 17.5.